The molecule has 1 fully saturated rings. The van der Waals surface area contributed by atoms with Crippen LogP contribution < -0.4 is 9.47 Å². The molecule has 1 aromatic carbocycles. The number of amides is 1. The van der Waals surface area contributed by atoms with Crippen LogP contribution in [0.2, 0.25) is 0 Å². The molecule has 1 aliphatic rings. The molecule has 1 aliphatic heterocycles. The number of phenolic OH excluding ortho intramolecular Hbond substituents is 1. The van der Waals surface area contributed by atoms with Crippen molar-refractivity contribution in [2.24, 2.45) is 10.2 Å². The summed E-state index contributed by atoms with van der Waals surface area (Å²) >= 11 is 1.18. The second-order valence-corrected chi connectivity index (χ2v) is 7.78. The third-order valence-electron chi connectivity index (χ3n) is 4.62. The summed E-state index contributed by atoms with van der Waals surface area (Å²) in [6.07, 6.45) is 8.12. The smallest absolute Gasteiger partial charge is 0.267 e. The van der Waals surface area contributed by atoms with E-state index >= 15 is 0 Å². The van der Waals surface area contributed by atoms with Crippen molar-refractivity contribution < 1.29 is 23.8 Å². The lowest BCUT2D eigenvalue weighted by Gasteiger charge is -2.12. The highest BCUT2D eigenvalue weighted by atomic mass is 32.2. The molecular formula is C23H20N4O5S. The molecule has 33 heavy (non-hydrogen) atoms. The third kappa shape index (κ3) is 5.07. The molecule has 1 amide bonds. The lowest BCUT2D eigenvalue weighted by atomic mass is 10.1. The summed E-state index contributed by atoms with van der Waals surface area (Å²) in [6.45, 7) is 0.208. The van der Waals surface area contributed by atoms with Gasteiger partial charge in [-0.3, -0.25) is 14.7 Å². The number of rotatable bonds is 7. The predicted octanol–water partition coefficient (Wildman–Crippen LogP) is 3.90. The van der Waals surface area contributed by atoms with E-state index in [9.17, 15) is 9.90 Å². The van der Waals surface area contributed by atoms with Crippen LogP contribution in [0.1, 0.15) is 16.9 Å². The van der Waals surface area contributed by atoms with Crippen molar-refractivity contribution in [3.63, 3.8) is 0 Å². The van der Waals surface area contributed by atoms with Gasteiger partial charge in [0, 0.05) is 18.0 Å². The fraction of sp³-hybridized carbons (Fsp3) is 0.130. The lowest BCUT2D eigenvalue weighted by Crippen LogP contribution is -2.28. The number of furan rings is 1. The number of methoxy groups -OCH3 is 2. The quantitative estimate of drug-likeness (QED) is 0.321. The molecule has 9 nitrogen and oxygen atoms in total. The van der Waals surface area contributed by atoms with Crippen LogP contribution >= 0.6 is 11.8 Å². The molecule has 3 aromatic rings. The van der Waals surface area contributed by atoms with Crippen LogP contribution in [-0.4, -0.2) is 46.5 Å². The molecule has 2 aromatic heterocycles. The average molecular weight is 465 g/mol. The Morgan fingerprint density at radius 3 is 2.61 bits per heavy atom. The zero-order valence-corrected chi connectivity index (χ0v) is 18.7. The van der Waals surface area contributed by atoms with Gasteiger partial charge in [-0.05, 0) is 53.7 Å². The van der Waals surface area contributed by atoms with E-state index in [4.69, 9.17) is 13.9 Å². The number of ether oxygens (including phenoxy) is 2. The van der Waals surface area contributed by atoms with Crippen LogP contribution in [0.4, 0.5) is 0 Å². The van der Waals surface area contributed by atoms with E-state index in [0.29, 0.717) is 21.4 Å². The Balaban J connectivity index is 1.66. The minimum atomic E-state index is -0.252. The van der Waals surface area contributed by atoms with Crippen molar-refractivity contribution in [1.82, 2.24) is 9.88 Å². The molecule has 0 atom stereocenters. The number of carbonyl (C=O) groups excluding carboxylic acids is 1. The van der Waals surface area contributed by atoms with E-state index in [0.717, 1.165) is 5.56 Å². The van der Waals surface area contributed by atoms with Gasteiger partial charge in [0.2, 0.25) is 5.75 Å². The molecule has 0 radical (unpaired) electrons. The summed E-state index contributed by atoms with van der Waals surface area (Å²) < 4.78 is 15.8. The molecule has 0 aliphatic carbocycles. The van der Waals surface area contributed by atoms with E-state index < -0.39 is 0 Å². The van der Waals surface area contributed by atoms with E-state index in [2.05, 4.69) is 15.2 Å². The average Bonchev–Trinajstić information content (AvgIpc) is 3.45. The number of pyridine rings is 1. The second-order valence-electron chi connectivity index (χ2n) is 6.77. The van der Waals surface area contributed by atoms with E-state index in [1.807, 2.05) is 6.07 Å². The molecule has 0 spiro atoms. The van der Waals surface area contributed by atoms with Crippen molar-refractivity contribution in [3.8, 4) is 17.2 Å². The Labute approximate surface area is 194 Å². The van der Waals surface area contributed by atoms with E-state index in [1.165, 1.54) is 30.9 Å². The number of aromatic nitrogens is 1. The molecule has 4 rings (SSSR count). The van der Waals surface area contributed by atoms with Gasteiger partial charge in [0.15, 0.2) is 16.7 Å². The van der Waals surface area contributed by atoms with Gasteiger partial charge in [0.05, 0.1) is 38.1 Å². The maximum Gasteiger partial charge on any atom is 0.267 e. The van der Waals surface area contributed by atoms with Crippen LogP contribution in [0.3, 0.4) is 0 Å². The Hall–Kier alpha value is -4.05. The summed E-state index contributed by atoms with van der Waals surface area (Å²) in [5.74, 6) is 0.719. The molecule has 1 saturated heterocycles. The van der Waals surface area contributed by atoms with Crippen LogP contribution in [0.25, 0.3) is 6.08 Å². The normalized spacial score (nSPS) is 16.3. The second kappa shape index (κ2) is 10.0. The SMILES string of the molecule is COc1cc(/C=C2\S/C(=N/N=C\c3cccnc3)N(Cc3ccco3)C2=O)cc(OC)c1O. The maximum atomic E-state index is 13.2. The van der Waals surface area contributed by atoms with Gasteiger partial charge >= 0.3 is 0 Å². The highest BCUT2D eigenvalue weighted by Gasteiger charge is 2.34. The monoisotopic (exact) mass is 464 g/mol. The van der Waals surface area contributed by atoms with Crippen molar-refractivity contribution in [1.29, 1.82) is 0 Å². The van der Waals surface area contributed by atoms with Gasteiger partial charge in [-0.1, -0.05) is 6.07 Å². The van der Waals surface area contributed by atoms with Crippen LogP contribution in [0.5, 0.6) is 17.2 Å². The van der Waals surface area contributed by atoms with Crippen molar-refractivity contribution in [2.75, 3.05) is 14.2 Å². The number of phenols is 1. The molecular weight excluding hydrogens is 444 g/mol. The first-order chi connectivity index (χ1) is 16.1. The molecule has 0 bridgehead atoms. The molecule has 0 saturated carbocycles. The number of carbonyl (C=O) groups is 1. The van der Waals surface area contributed by atoms with Crippen LogP contribution in [-0.2, 0) is 11.3 Å². The third-order valence-corrected chi connectivity index (χ3v) is 5.61. The van der Waals surface area contributed by atoms with Crippen molar-refractivity contribution in [2.45, 2.75) is 6.54 Å². The highest BCUT2D eigenvalue weighted by molar-refractivity contribution is 8.18. The number of amidine groups is 1. The first kappa shape index (κ1) is 22.2. The van der Waals surface area contributed by atoms with Crippen LogP contribution in [0, 0.1) is 0 Å². The fourth-order valence-corrected chi connectivity index (χ4v) is 3.96. The summed E-state index contributed by atoms with van der Waals surface area (Å²) in [4.78, 5) is 19.1. The molecule has 10 heteroatoms. The number of hydrogen-bond donors (Lipinski definition) is 1. The standard InChI is InChI=1S/C23H20N4O5S/c1-30-18-9-16(10-19(31-2)21(18)28)11-20-22(29)27(14-17-6-4-8-32-17)23(33-20)26-25-13-15-5-3-7-24-12-15/h3-13,28H,14H2,1-2H3/b20-11-,25-13-,26-23+. The van der Waals surface area contributed by atoms with Gasteiger partial charge in [-0.2, -0.15) is 5.10 Å². The predicted molar refractivity (Wildman–Crippen MR) is 125 cm³/mol. The van der Waals surface area contributed by atoms with E-state index in [1.54, 1.807) is 61.3 Å². The topological polar surface area (TPSA) is 110 Å². The van der Waals surface area contributed by atoms with Gasteiger partial charge in [0.25, 0.3) is 5.91 Å². The van der Waals surface area contributed by atoms with Crippen molar-refractivity contribution >= 4 is 35.1 Å². The summed E-state index contributed by atoms with van der Waals surface area (Å²) in [6, 6.07) is 10.4. The first-order valence-electron chi connectivity index (χ1n) is 9.79. The number of nitrogens with zero attached hydrogens (tertiary/aromatic N) is 4. The largest absolute Gasteiger partial charge is 0.502 e. The number of benzene rings is 1. The summed E-state index contributed by atoms with van der Waals surface area (Å²) in [5.41, 5.74) is 1.41. The lowest BCUT2D eigenvalue weighted by molar-refractivity contribution is -0.122. The Bertz CT molecular complexity index is 1200. The molecule has 3 heterocycles. The maximum absolute atomic E-state index is 13.2. The number of thioether (sulfide) groups is 1. The summed E-state index contributed by atoms with van der Waals surface area (Å²) in [7, 11) is 2.88. The molecule has 1 N–H and O–H groups in total. The van der Waals surface area contributed by atoms with Crippen LogP contribution in [0.15, 0.2) is 74.6 Å². The van der Waals surface area contributed by atoms with Crippen molar-refractivity contribution in [3.05, 3.63) is 76.8 Å². The first-order valence-corrected chi connectivity index (χ1v) is 10.6. The highest BCUT2D eigenvalue weighted by Crippen LogP contribution is 2.39. The van der Waals surface area contributed by atoms with Gasteiger partial charge in [-0.15, -0.1) is 5.10 Å². The Kier molecular flexibility index (Phi) is 6.75. The fourth-order valence-electron chi connectivity index (χ4n) is 3.03. The Morgan fingerprint density at radius 2 is 1.97 bits per heavy atom. The minimum absolute atomic E-state index is 0.112. The number of aromatic hydroxyl groups is 1. The minimum Gasteiger partial charge on any atom is -0.502 e. The zero-order chi connectivity index (χ0) is 23.2. The van der Waals surface area contributed by atoms with E-state index in [-0.39, 0.29) is 29.7 Å². The zero-order valence-electron chi connectivity index (χ0n) is 17.8. The van der Waals surface area contributed by atoms with Gasteiger partial charge < -0.3 is 19.0 Å². The summed E-state index contributed by atoms with van der Waals surface area (Å²) in [5, 5.41) is 18.9. The van der Waals surface area contributed by atoms with Gasteiger partial charge in [0.1, 0.15) is 5.76 Å². The number of hydrogen-bond acceptors (Lipinski definition) is 9. The molecule has 168 valence electrons. The Morgan fingerprint density at radius 1 is 1.18 bits per heavy atom. The van der Waals surface area contributed by atoms with Gasteiger partial charge in [-0.25, -0.2) is 0 Å². The molecule has 0 unspecified atom stereocenters.